The van der Waals surface area contributed by atoms with E-state index >= 15 is 0 Å². The Balaban J connectivity index is 1.32. The number of nitrogens with zero attached hydrogens (tertiary/aromatic N) is 4. The number of aromatic nitrogens is 4. The predicted molar refractivity (Wildman–Crippen MR) is 125 cm³/mol. The summed E-state index contributed by atoms with van der Waals surface area (Å²) in [6, 6.07) is 0. The second-order valence-electron chi connectivity index (χ2n) is 11.3. The number of fused-ring (bicyclic) bond motifs is 1. The molecule has 0 unspecified atom stereocenters. The van der Waals surface area contributed by atoms with E-state index in [1.807, 2.05) is 20.8 Å². The number of hydrogen-bond donors (Lipinski definition) is 2. The first-order valence-corrected chi connectivity index (χ1v) is 12.0. The molecule has 1 saturated heterocycles. The molecule has 0 radical (unpaired) electrons. The number of carbonyl (C=O) groups is 2. The Hall–Kier alpha value is -2.98. The number of alkyl halides is 2. The van der Waals surface area contributed by atoms with Crippen molar-refractivity contribution in [1.29, 1.82) is 0 Å². The molecule has 1 fully saturated rings. The fourth-order valence-electron chi connectivity index (χ4n) is 4.57. The van der Waals surface area contributed by atoms with Crippen LogP contribution >= 0.6 is 0 Å². The number of likely N-dealkylation sites (tertiary alicyclic amines) is 1. The maximum atomic E-state index is 14.6. The average molecular weight is 493 g/mol. The van der Waals surface area contributed by atoms with Crippen molar-refractivity contribution in [3.63, 3.8) is 0 Å². The molecule has 0 spiro atoms. The van der Waals surface area contributed by atoms with Crippen molar-refractivity contribution in [2.24, 2.45) is 11.3 Å². The number of carbonyl (C=O) groups excluding carboxylic acids is 2. The molecular formula is C24H34F2N6O3. The summed E-state index contributed by atoms with van der Waals surface area (Å²) < 4.78 is 36.3. The van der Waals surface area contributed by atoms with E-state index < -0.39 is 29.3 Å². The standard InChI is InChI=1S/C24H34F2N6O3/c1-22(2,3)35-21(34)31-8-6-15(7-9-31)13-32-14-16(12-27-32)28-20(33)19-17-10-24(25,26)23(4,5)11-18(17)29-30-19/h12,14-15H,6-11,13H2,1-5H3,(H,28,33)(H,29,30). The molecule has 2 aromatic heterocycles. The molecule has 0 aromatic carbocycles. The molecule has 1 aliphatic heterocycles. The van der Waals surface area contributed by atoms with Gasteiger partial charge >= 0.3 is 6.09 Å². The molecule has 3 heterocycles. The van der Waals surface area contributed by atoms with Crippen LogP contribution in [0.1, 0.15) is 69.2 Å². The quantitative estimate of drug-likeness (QED) is 0.663. The van der Waals surface area contributed by atoms with Crippen molar-refractivity contribution >= 4 is 17.7 Å². The minimum Gasteiger partial charge on any atom is -0.444 e. The lowest BCUT2D eigenvalue weighted by Gasteiger charge is -2.37. The van der Waals surface area contributed by atoms with Crippen LogP contribution in [0.4, 0.5) is 19.3 Å². The summed E-state index contributed by atoms with van der Waals surface area (Å²) in [4.78, 5) is 26.8. The van der Waals surface area contributed by atoms with Crippen LogP contribution < -0.4 is 5.32 Å². The molecule has 2 aliphatic rings. The van der Waals surface area contributed by atoms with Crippen LogP contribution in [0.3, 0.4) is 0 Å². The van der Waals surface area contributed by atoms with Gasteiger partial charge in [0, 0.05) is 55.3 Å². The predicted octanol–water partition coefficient (Wildman–Crippen LogP) is 4.27. The van der Waals surface area contributed by atoms with Gasteiger partial charge in [-0.3, -0.25) is 14.6 Å². The zero-order valence-electron chi connectivity index (χ0n) is 21.0. The summed E-state index contributed by atoms with van der Waals surface area (Å²) in [7, 11) is 0. The summed E-state index contributed by atoms with van der Waals surface area (Å²) in [6.07, 6.45) is 4.22. The van der Waals surface area contributed by atoms with Crippen LogP contribution in [0.25, 0.3) is 0 Å². The van der Waals surface area contributed by atoms with Gasteiger partial charge in [-0.2, -0.15) is 10.2 Å². The van der Waals surface area contributed by atoms with Gasteiger partial charge in [0.1, 0.15) is 5.60 Å². The van der Waals surface area contributed by atoms with Crippen LogP contribution in [-0.4, -0.2) is 61.5 Å². The lowest BCUT2D eigenvalue weighted by Crippen LogP contribution is -2.44. The third-order valence-corrected chi connectivity index (χ3v) is 6.78. The zero-order chi connectivity index (χ0) is 25.6. The SMILES string of the molecule is CC(C)(C)OC(=O)N1CCC(Cn2cc(NC(=O)c3n[nH]c4c3CC(F)(F)C(C)(C)C4)cn2)CC1. The van der Waals surface area contributed by atoms with Crippen LogP contribution in [0, 0.1) is 11.3 Å². The van der Waals surface area contributed by atoms with Gasteiger partial charge in [-0.25, -0.2) is 13.6 Å². The van der Waals surface area contributed by atoms with Gasteiger partial charge in [0.2, 0.25) is 0 Å². The van der Waals surface area contributed by atoms with Gasteiger partial charge in [0.05, 0.1) is 11.9 Å². The monoisotopic (exact) mass is 492 g/mol. The molecule has 11 heteroatoms. The Morgan fingerprint density at radius 3 is 2.57 bits per heavy atom. The molecule has 2 amide bonds. The number of anilines is 1. The van der Waals surface area contributed by atoms with Gasteiger partial charge in [0.25, 0.3) is 11.8 Å². The number of amides is 2. The molecule has 9 nitrogen and oxygen atoms in total. The second kappa shape index (κ2) is 8.91. The molecule has 35 heavy (non-hydrogen) atoms. The summed E-state index contributed by atoms with van der Waals surface area (Å²) in [6.45, 7) is 10.5. The lowest BCUT2D eigenvalue weighted by molar-refractivity contribution is -0.111. The normalized spacial score (nSPS) is 19.8. The first kappa shape index (κ1) is 25.1. The Morgan fingerprint density at radius 2 is 1.91 bits per heavy atom. The van der Waals surface area contributed by atoms with Crippen molar-refractivity contribution in [1.82, 2.24) is 24.9 Å². The van der Waals surface area contributed by atoms with Gasteiger partial charge in [0.15, 0.2) is 5.69 Å². The Morgan fingerprint density at radius 1 is 1.23 bits per heavy atom. The molecule has 2 aromatic rings. The highest BCUT2D eigenvalue weighted by Crippen LogP contribution is 2.46. The molecule has 4 rings (SSSR count). The van der Waals surface area contributed by atoms with Crippen LogP contribution in [-0.2, 0) is 24.1 Å². The van der Waals surface area contributed by atoms with Gasteiger partial charge in [-0.15, -0.1) is 0 Å². The maximum absolute atomic E-state index is 14.6. The summed E-state index contributed by atoms with van der Waals surface area (Å²) >= 11 is 0. The number of rotatable bonds is 4. The van der Waals surface area contributed by atoms with Crippen LogP contribution in [0.15, 0.2) is 12.4 Å². The molecule has 0 saturated carbocycles. The van der Waals surface area contributed by atoms with E-state index in [1.54, 1.807) is 15.8 Å². The van der Waals surface area contributed by atoms with Gasteiger partial charge < -0.3 is 15.0 Å². The van der Waals surface area contributed by atoms with E-state index in [2.05, 4.69) is 20.6 Å². The number of H-pyrrole nitrogens is 1. The van der Waals surface area contributed by atoms with Crippen LogP contribution in [0.2, 0.25) is 0 Å². The summed E-state index contributed by atoms with van der Waals surface area (Å²) in [5.74, 6) is -3.13. The maximum Gasteiger partial charge on any atom is 0.410 e. The first-order chi connectivity index (χ1) is 16.2. The molecule has 192 valence electrons. The largest absolute Gasteiger partial charge is 0.444 e. The molecule has 1 aliphatic carbocycles. The highest BCUT2D eigenvalue weighted by atomic mass is 19.3. The third-order valence-electron chi connectivity index (χ3n) is 6.78. The average Bonchev–Trinajstić information content (AvgIpc) is 3.33. The van der Waals surface area contributed by atoms with E-state index in [0.717, 1.165) is 12.8 Å². The fraction of sp³-hybridized carbons (Fsp3) is 0.667. The van der Waals surface area contributed by atoms with E-state index in [9.17, 15) is 18.4 Å². The summed E-state index contributed by atoms with van der Waals surface area (Å²) in [5.41, 5.74) is -0.394. The number of ether oxygens (including phenoxy) is 1. The highest BCUT2D eigenvalue weighted by Gasteiger charge is 2.51. The smallest absolute Gasteiger partial charge is 0.410 e. The number of aromatic amines is 1. The van der Waals surface area contributed by atoms with Crippen molar-refractivity contribution in [3.05, 3.63) is 29.3 Å². The number of nitrogens with one attached hydrogen (secondary N) is 2. The zero-order valence-corrected chi connectivity index (χ0v) is 21.0. The minimum absolute atomic E-state index is 0.00237. The van der Waals surface area contributed by atoms with Crippen LogP contribution in [0.5, 0.6) is 0 Å². The Bertz CT molecular complexity index is 1090. The van der Waals surface area contributed by atoms with E-state index in [4.69, 9.17) is 4.74 Å². The second-order valence-corrected chi connectivity index (χ2v) is 11.3. The topological polar surface area (TPSA) is 105 Å². The van der Waals surface area contributed by atoms with Crippen molar-refractivity contribution in [2.45, 2.75) is 78.4 Å². The minimum atomic E-state index is -2.93. The van der Waals surface area contributed by atoms with Crippen molar-refractivity contribution in [3.8, 4) is 0 Å². The van der Waals surface area contributed by atoms with E-state index in [1.165, 1.54) is 20.0 Å². The number of halogens is 2. The highest BCUT2D eigenvalue weighted by molar-refractivity contribution is 6.04. The Labute approximate surface area is 203 Å². The van der Waals surface area contributed by atoms with Gasteiger partial charge in [-0.1, -0.05) is 13.8 Å². The first-order valence-electron chi connectivity index (χ1n) is 12.0. The lowest BCUT2D eigenvalue weighted by atomic mass is 9.73. The molecular weight excluding hydrogens is 458 g/mol. The molecule has 0 bridgehead atoms. The Kier molecular flexibility index (Phi) is 6.39. The third kappa shape index (κ3) is 5.48. The molecule has 2 N–H and O–H groups in total. The fourth-order valence-corrected chi connectivity index (χ4v) is 4.57. The number of hydrogen-bond acceptors (Lipinski definition) is 5. The van der Waals surface area contributed by atoms with E-state index in [0.29, 0.717) is 36.9 Å². The van der Waals surface area contributed by atoms with Crippen molar-refractivity contribution < 1.29 is 23.1 Å². The summed E-state index contributed by atoms with van der Waals surface area (Å²) in [5, 5.41) is 13.8. The number of piperidine rings is 1. The van der Waals surface area contributed by atoms with Crippen molar-refractivity contribution in [2.75, 3.05) is 18.4 Å². The molecule has 0 atom stereocenters. The van der Waals surface area contributed by atoms with Gasteiger partial charge in [-0.05, 0) is 39.5 Å². The van der Waals surface area contributed by atoms with E-state index in [-0.39, 0.29) is 23.8 Å².